The van der Waals surface area contributed by atoms with Gasteiger partial charge in [-0.2, -0.15) is 0 Å². The summed E-state index contributed by atoms with van der Waals surface area (Å²) in [7, 11) is 0. The molecule has 4 aliphatic rings. The fraction of sp³-hybridized carbons (Fsp3) is 0.294. The fourth-order valence-corrected chi connectivity index (χ4v) is 6.29. The average Bonchev–Trinajstić information content (AvgIpc) is 3.67. The van der Waals surface area contributed by atoms with E-state index in [0.717, 1.165) is 11.1 Å². The number of carboxylic acids is 3. The number of carboxylic acid groups (broad SMARTS) is 3. The molecule has 11 nitrogen and oxygen atoms in total. The molecule has 0 spiro atoms. The largest absolute Gasteiger partial charge is 2.00 e. The zero-order chi connectivity index (χ0) is 32.7. The van der Waals surface area contributed by atoms with E-state index in [-0.39, 0.29) is 67.3 Å². The number of hydrogen-bond donors (Lipinski definition) is 0. The summed E-state index contributed by atoms with van der Waals surface area (Å²) < 4.78 is 0. The van der Waals surface area contributed by atoms with Crippen LogP contribution in [0, 0.1) is 18.8 Å². The molecule has 0 amide bonds. The van der Waals surface area contributed by atoms with Gasteiger partial charge in [0.15, 0.2) is 0 Å². The number of aliphatic imine (C=N–C) groups is 3. The van der Waals surface area contributed by atoms with Crippen molar-refractivity contribution < 1.29 is 56.2 Å². The van der Waals surface area contributed by atoms with Crippen LogP contribution >= 0.6 is 0 Å². The molecule has 1 aromatic heterocycles. The Balaban J connectivity index is 0.00000300. The molecule has 0 N–H and O–H groups in total. The average molecular weight is 672 g/mol. The van der Waals surface area contributed by atoms with Crippen molar-refractivity contribution in [2.24, 2.45) is 26.8 Å². The third kappa shape index (κ3) is 5.93. The summed E-state index contributed by atoms with van der Waals surface area (Å²) >= 11 is 0. The molecular weight excluding hydrogens is 640 g/mol. The number of carbonyl (C=O) groups is 3. The topological polar surface area (TPSA) is 195 Å². The van der Waals surface area contributed by atoms with Crippen molar-refractivity contribution in [3.8, 4) is 0 Å². The molecule has 8 bridgehead atoms. The Labute approximate surface area is 279 Å². The minimum atomic E-state index is -1.58. The number of allylic oxidation sites excluding steroid dienone is 8. The van der Waals surface area contributed by atoms with Gasteiger partial charge in [-0.1, -0.05) is 38.1 Å². The van der Waals surface area contributed by atoms with Gasteiger partial charge in [0.1, 0.15) is 0 Å². The number of fused-ring (bicyclic) bond motifs is 5. The molecule has 241 valence electrons. The zero-order valence-corrected chi connectivity index (χ0v) is 26.5. The molecule has 1 radical (unpaired) electrons. The fourth-order valence-electron chi connectivity index (χ4n) is 6.29. The van der Waals surface area contributed by atoms with E-state index in [4.69, 9.17) is 15.0 Å². The maximum Gasteiger partial charge on any atom is 2.00 e. The Morgan fingerprint density at radius 2 is 1.74 bits per heavy atom. The van der Waals surface area contributed by atoms with Crippen LogP contribution in [0.4, 0.5) is 0 Å². The molecule has 0 aliphatic carbocycles. The molecule has 5 rings (SSSR count). The van der Waals surface area contributed by atoms with Gasteiger partial charge in [0, 0.05) is 47.2 Å². The Morgan fingerprint density at radius 1 is 1.02 bits per heavy atom. The van der Waals surface area contributed by atoms with Crippen molar-refractivity contribution in [2.45, 2.75) is 53.4 Å². The van der Waals surface area contributed by atoms with Gasteiger partial charge < -0.3 is 39.8 Å². The maximum atomic E-state index is 12.5. The van der Waals surface area contributed by atoms with Crippen molar-refractivity contribution in [2.75, 3.05) is 0 Å². The van der Waals surface area contributed by atoms with Gasteiger partial charge in [0.05, 0.1) is 28.8 Å². The SMILES string of the molecule is C=CC1=C(C)C2=NC1=CC1=NC(=C(CC)/C1=C\[O-])C=c1[n-]c(c(C(=O)[O-])c1C)=C(CC(=O)[O-])C1=NC(=C2)C(C)C1CCC(=O)[O-].[Cu+2].[H+].[H+].[H+]. The van der Waals surface area contributed by atoms with Crippen LogP contribution in [-0.2, 0) is 26.7 Å². The van der Waals surface area contributed by atoms with Crippen molar-refractivity contribution in [3.05, 3.63) is 92.3 Å². The first-order chi connectivity index (χ1) is 21.4. The Morgan fingerprint density at radius 3 is 2.33 bits per heavy atom. The first kappa shape index (κ1) is 34.1. The molecule has 0 saturated heterocycles. The van der Waals surface area contributed by atoms with Crippen LogP contribution in [0.2, 0.25) is 0 Å². The quantitative estimate of drug-likeness (QED) is 0.249. The minimum Gasteiger partial charge on any atom is -0.877 e. The van der Waals surface area contributed by atoms with E-state index in [1.807, 2.05) is 20.8 Å². The molecule has 4 aliphatic heterocycles. The molecule has 0 fully saturated rings. The van der Waals surface area contributed by atoms with Crippen molar-refractivity contribution >= 4 is 46.7 Å². The van der Waals surface area contributed by atoms with Gasteiger partial charge in [-0.3, -0.25) is 4.99 Å². The maximum absolute atomic E-state index is 12.5. The van der Waals surface area contributed by atoms with Gasteiger partial charge in [-0.05, 0) is 73.1 Å². The van der Waals surface area contributed by atoms with Crippen molar-refractivity contribution in [3.63, 3.8) is 0 Å². The number of aliphatic carboxylic acids is 2. The molecule has 5 heterocycles. The van der Waals surface area contributed by atoms with Gasteiger partial charge in [-0.25, -0.2) is 9.98 Å². The van der Waals surface area contributed by atoms with E-state index in [9.17, 15) is 34.8 Å². The summed E-state index contributed by atoms with van der Waals surface area (Å²) in [4.78, 5) is 55.0. The van der Waals surface area contributed by atoms with E-state index in [2.05, 4.69) is 11.6 Å². The van der Waals surface area contributed by atoms with Crippen LogP contribution in [0.5, 0.6) is 0 Å². The molecule has 12 heteroatoms. The van der Waals surface area contributed by atoms with E-state index >= 15 is 0 Å². The Kier molecular flexibility index (Phi) is 9.84. The number of aromatic carboxylic acids is 1. The second-order valence-electron chi connectivity index (χ2n) is 11.2. The molecule has 2 atom stereocenters. The summed E-state index contributed by atoms with van der Waals surface area (Å²) in [6.07, 6.45) is 6.76. The third-order valence-corrected chi connectivity index (χ3v) is 8.64. The van der Waals surface area contributed by atoms with Crippen LogP contribution in [0.3, 0.4) is 0 Å². The van der Waals surface area contributed by atoms with Crippen LogP contribution in [0.1, 0.15) is 66.7 Å². The van der Waals surface area contributed by atoms with E-state index in [1.54, 1.807) is 24.3 Å². The van der Waals surface area contributed by atoms with Crippen LogP contribution in [-0.4, -0.2) is 35.0 Å². The molecule has 46 heavy (non-hydrogen) atoms. The number of rotatable bonds is 8. The predicted molar refractivity (Wildman–Crippen MR) is 163 cm³/mol. The Bertz CT molecular complexity index is 1980. The summed E-state index contributed by atoms with van der Waals surface area (Å²) in [5, 5.41) is 48.5. The first-order valence-electron chi connectivity index (χ1n) is 14.5. The van der Waals surface area contributed by atoms with E-state index in [0.29, 0.717) is 52.3 Å². The van der Waals surface area contributed by atoms with E-state index in [1.165, 1.54) is 6.92 Å². The monoisotopic (exact) mass is 671 g/mol. The van der Waals surface area contributed by atoms with E-state index < -0.39 is 36.2 Å². The van der Waals surface area contributed by atoms with Crippen molar-refractivity contribution in [1.82, 2.24) is 4.98 Å². The van der Waals surface area contributed by atoms with Gasteiger partial charge in [0.25, 0.3) is 0 Å². The molecular formula is C34H32CuN4O7. The Hall–Kier alpha value is -4.80. The van der Waals surface area contributed by atoms with Crippen molar-refractivity contribution in [1.29, 1.82) is 0 Å². The molecule has 1 aromatic rings. The van der Waals surface area contributed by atoms with Crippen LogP contribution in [0.15, 0.2) is 85.4 Å². The standard InChI is InChI=1S/C34H34N4O7.Cu/c1-6-18-15(3)23-11-24-16(4)20(8-9-29(40)41)32(37-24)21(10-30(42)43)33-31(34(44)45)17(5)25(38-33)12-27-19(7-2)22(14-39)28(36-27)13-26(18)35-23;/h6,11-14,16,20H,1,7-10H2,2-5H3,(H5,35,36,37,38,39,40,41,42,43,44,45);/q;+2/p-2. The normalized spacial score (nSPS) is 21.3. The predicted octanol–water partition coefficient (Wildman–Crippen LogP) is -0.940. The molecule has 0 aromatic carbocycles. The number of nitrogens with zero attached hydrogens (tertiary/aromatic N) is 4. The second kappa shape index (κ2) is 13.3. The van der Waals surface area contributed by atoms with Crippen LogP contribution < -0.4 is 36.1 Å². The minimum absolute atomic E-state index is 0. The summed E-state index contributed by atoms with van der Waals surface area (Å²) in [6, 6.07) is 0. The number of carbonyl (C=O) groups excluding carboxylic acids is 3. The summed E-state index contributed by atoms with van der Waals surface area (Å²) in [5.41, 5.74) is 4.82. The number of aromatic nitrogens is 1. The molecule has 0 saturated carbocycles. The van der Waals surface area contributed by atoms with Gasteiger partial charge in [0.2, 0.25) is 0 Å². The smallest absolute Gasteiger partial charge is 0.877 e. The summed E-state index contributed by atoms with van der Waals surface area (Å²) in [5.74, 6) is -5.40. The first-order valence-corrected chi connectivity index (χ1v) is 14.5. The molecule has 2 unspecified atom stereocenters. The second-order valence-corrected chi connectivity index (χ2v) is 11.2. The third-order valence-electron chi connectivity index (χ3n) is 8.64. The van der Waals surface area contributed by atoms with Gasteiger partial charge in [-0.15, -0.1) is 17.0 Å². The summed E-state index contributed by atoms with van der Waals surface area (Å²) in [6.45, 7) is 11.0. The zero-order valence-electron chi connectivity index (χ0n) is 28.5. The van der Waals surface area contributed by atoms with Crippen LogP contribution in [0.25, 0.3) is 11.6 Å². The van der Waals surface area contributed by atoms with Gasteiger partial charge >= 0.3 is 21.3 Å². The number of hydrogen-bond acceptors (Lipinski definition) is 10.